The normalized spacial score (nSPS) is 34.7. The number of piperazine rings is 1. The molecule has 2 fully saturated rings. The van der Waals surface area contributed by atoms with Gasteiger partial charge >= 0.3 is 0 Å². The topological polar surface area (TPSA) is 49.4 Å². The van der Waals surface area contributed by atoms with Gasteiger partial charge in [-0.1, -0.05) is 6.92 Å². The van der Waals surface area contributed by atoms with E-state index in [-0.39, 0.29) is 29.9 Å². The molecule has 2 heterocycles. The lowest BCUT2D eigenvalue weighted by Crippen LogP contribution is -2.65. The van der Waals surface area contributed by atoms with Gasteiger partial charge in [0, 0.05) is 11.8 Å². The van der Waals surface area contributed by atoms with Crippen LogP contribution in [0.1, 0.15) is 33.1 Å². The van der Waals surface area contributed by atoms with E-state index in [1.54, 1.807) is 6.92 Å². The summed E-state index contributed by atoms with van der Waals surface area (Å²) in [5.41, 5.74) is 0. The van der Waals surface area contributed by atoms with Crippen LogP contribution in [-0.2, 0) is 9.59 Å². The third kappa shape index (κ3) is 2.44. The summed E-state index contributed by atoms with van der Waals surface area (Å²) in [4.78, 5) is 26.0. The number of carbonyl (C=O) groups excluding carboxylic acids is 2. The van der Waals surface area contributed by atoms with Crippen LogP contribution in [0.3, 0.4) is 0 Å². The summed E-state index contributed by atoms with van der Waals surface area (Å²) < 4.78 is 0. The van der Waals surface area contributed by atoms with Crippen LogP contribution in [0.4, 0.5) is 0 Å². The first-order valence-electron chi connectivity index (χ1n) is 6.35. The number of nitrogens with one attached hydrogen (secondary N) is 1. The van der Waals surface area contributed by atoms with Gasteiger partial charge in [-0.3, -0.25) is 9.59 Å². The van der Waals surface area contributed by atoms with E-state index in [4.69, 9.17) is 0 Å². The summed E-state index contributed by atoms with van der Waals surface area (Å²) in [7, 11) is 0. The molecule has 0 aromatic carbocycles. The Morgan fingerprint density at radius 1 is 1.47 bits per heavy atom. The van der Waals surface area contributed by atoms with Crippen molar-refractivity contribution in [2.75, 3.05) is 11.5 Å². The maximum absolute atomic E-state index is 12.2. The highest BCUT2D eigenvalue weighted by Gasteiger charge is 2.41. The number of nitrogens with zero attached hydrogens (tertiary/aromatic N) is 1. The number of hydrogen-bond donors (Lipinski definition) is 1. The molecule has 0 aromatic heterocycles. The summed E-state index contributed by atoms with van der Waals surface area (Å²) in [6.45, 7) is 3.74. The molecule has 0 spiro atoms. The van der Waals surface area contributed by atoms with E-state index in [9.17, 15) is 9.59 Å². The first kappa shape index (κ1) is 12.7. The van der Waals surface area contributed by atoms with Crippen molar-refractivity contribution in [1.29, 1.82) is 0 Å². The van der Waals surface area contributed by atoms with Gasteiger partial charge in [-0.2, -0.15) is 11.8 Å². The van der Waals surface area contributed by atoms with E-state index >= 15 is 0 Å². The molecule has 2 rings (SSSR count). The third-order valence-electron chi connectivity index (χ3n) is 3.54. The van der Waals surface area contributed by atoms with Gasteiger partial charge in [-0.15, -0.1) is 0 Å². The Kier molecular flexibility index (Phi) is 3.97. The van der Waals surface area contributed by atoms with Crippen LogP contribution in [0, 0.1) is 0 Å². The third-order valence-corrected chi connectivity index (χ3v) is 4.74. The maximum Gasteiger partial charge on any atom is 0.245 e. The number of hydrogen-bond acceptors (Lipinski definition) is 3. The summed E-state index contributed by atoms with van der Waals surface area (Å²) in [6.07, 6.45) is 2.88. The second-order valence-corrected chi connectivity index (χ2v) is 5.92. The minimum atomic E-state index is -0.364. The Balaban J connectivity index is 2.18. The molecule has 3 unspecified atom stereocenters. The molecule has 2 saturated heterocycles. The molecule has 5 heteroatoms. The maximum atomic E-state index is 12.2. The fraction of sp³-hybridized carbons (Fsp3) is 0.833. The van der Waals surface area contributed by atoms with Crippen LogP contribution < -0.4 is 5.32 Å². The molecule has 0 saturated carbocycles. The van der Waals surface area contributed by atoms with Crippen LogP contribution in [0.15, 0.2) is 0 Å². The molecule has 96 valence electrons. The van der Waals surface area contributed by atoms with Crippen molar-refractivity contribution in [2.24, 2.45) is 0 Å². The van der Waals surface area contributed by atoms with Gasteiger partial charge in [0.25, 0.3) is 0 Å². The lowest BCUT2D eigenvalue weighted by Gasteiger charge is -2.43. The van der Waals surface area contributed by atoms with E-state index in [1.165, 1.54) is 5.75 Å². The Bertz CT molecular complexity index is 316. The monoisotopic (exact) mass is 256 g/mol. The molecule has 0 bridgehead atoms. The van der Waals surface area contributed by atoms with Crippen LogP contribution in [-0.4, -0.2) is 46.3 Å². The predicted octanol–water partition coefficient (Wildman–Crippen LogP) is 1.01. The van der Waals surface area contributed by atoms with E-state index in [0.717, 1.165) is 18.6 Å². The Labute approximate surface area is 106 Å². The highest BCUT2D eigenvalue weighted by molar-refractivity contribution is 7.99. The molecule has 2 amide bonds. The Morgan fingerprint density at radius 3 is 2.82 bits per heavy atom. The van der Waals surface area contributed by atoms with Gasteiger partial charge in [-0.05, 0) is 31.9 Å². The largest absolute Gasteiger partial charge is 0.343 e. The van der Waals surface area contributed by atoms with Gasteiger partial charge in [0.05, 0.1) is 0 Å². The van der Waals surface area contributed by atoms with Crippen LogP contribution in [0.25, 0.3) is 0 Å². The van der Waals surface area contributed by atoms with E-state index in [1.807, 2.05) is 23.6 Å². The zero-order valence-corrected chi connectivity index (χ0v) is 11.3. The van der Waals surface area contributed by atoms with Gasteiger partial charge in [0.2, 0.25) is 11.8 Å². The predicted molar refractivity (Wildman–Crippen MR) is 68.9 cm³/mol. The van der Waals surface area contributed by atoms with Crippen molar-refractivity contribution in [2.45, 2.75) is 51.2 Å². The molecular weight excluding hydrogens is 236 g/mol. The Morgan fingerprint density at radius 2 is 2.24 bits per heavy atom. The van der Waals surface area contributed by atoms with E-state index < -0.39 is 0 Å². The zero-order valence-electron chi connectivity index (χ0n) is 10.4. The van der Waals surface area contributed by atoms with Crippen LogP contribution in [0.2, 0.25) is 0 Å². The van der Waals surface area contributed by atoms with Crippen molar-refractivity contribution in [3.8, 4) is 0 Å². The summed E-state index contributed by atoms with van der Waals surface area (Å²) in [5.74, 6) is 2.25. The van der Waals surface area contributed by atoms with Gasteiger partial charge in [0.15, 0.2) is 0 Å². The van der Waals surface area contributed by atoms with Crippen LogP contribution in [0.5, 0.6) is 0 Å². The standard InChI is InChI=1S/C12H20N2O2S/c1-3-10-11(15)13-8(2)12(16)14(10)9-5-4-6-17-7-9/h8-10H,3-7H2,1-2H3,(H,13,15). The molecule has 0 aromatic rings. The molecule has 0 radical (unpaired) electrons. The summed E-state index contributed by atoms with van der Waals surface area (Å²) >= 11 is 1.89. The second kappa shape index (κ2) is 5.29. The van der Waals surface area contributed by atoms with E-state index in [2.05, 4.69) is 5.32 Å². The average molecular weight is 256 g/mol. The molecule has 2 aliphatic rings. The minimum absolute atomic E-state index is 0.00942. The molecule has 1 N–H and O–H groups in total. The smallest absolute Gasteiger partial charge is 0.245 e. The lowest BCUT2D eigenvalue weighted by molar-refractivity contribution is -0.151. The summed E-state index contributed by atoms with van der Waals surface area (Å²) in [6, 6.07) is -0.376. The Hall–Kier alpha value is -0.710. The average Bonchev–Trinajstić information content (AvgIpc) is 2.34. The molecule has 0 aliphatic carbocycles. The fourth-order valence-corrected chi connectivity index (χ4v) is 3.77. The van der Waals surface area contributed by atoms with Crippen LogP contribution >= 0.6 is 11.8 Å². The van der Waals surface area contributed by atoms with Crippen molar-refractivity contribution < 1.29 is 9.59 Å². The quantitative estimate of drug-likeness (QED) is 0.802. The van der Waals surface area contributed by atoms with Gasteiger partial charge < -0.3 is 10.2 Å². The number of rotatable bonds is 2. The van der Waals surface area contributed by atoms with Gasteiger partial charge in [0.1, 0.15) is 12.1 Å². The molecule has 17 heavy (non-hydrogen) atoms. The van der Waals surface area contributed by atoms with Crippen molar-refractivity contribution in [1.82, 2.24) is 10.2 Å². The van der Waals surface area contributed by atoms with Crippen molar-refractivity contribution >= 4 is 23.6 Å². The lowest BCUT2D eigenvalue weighted by atomic mass is 10.0. The van der Waals surface area contributed by atoms with Gasteiger partial charge in [-0.25, -0.2) is 0 Å². The fourth-order valence-electron chi connectivity index (χ4n) is 2.63. The zero-order chi connectivity index (χ0) is 12.4. The highest BCUT2D eigenvalue weighted by Crippen LogP contribution is 2.26. The molecular formula is C12H20N2O2S. The second-order valence-electron chi connectivity index (χ2n) is 4.77. The molecule has 3 atom stereocenters. The van der Waals surface area contributed by atoms with Crippen molar-refractivity contribution in [3.05, 3.63) is 0 Å². The summed E-state index contributed by atoms with van der Waals surface area (Å²) in [5, 5.41) is 2.76. The number of thioether (sulfide) groups is 1. The first-order valence-corrected chi connectivity index (χ1v) is 7.51. The number of carbonyl (C=O) groups is 2. The molecule has 4 nitrogen and oxygen atoms in total. The number of amides is 2. The first-order chi connectivity index (χ1) is 8.15. The van der Waals surface area contributed by atoms with Crippen molar-refractivity contribution in [3.63, 3.8) is 0 Å². The SMILES string of the molecule is CCC1C(=O)NC(C)C(=O)N1C1CCCSC1. The van der Waals surface area contributed by atoms with E-state index in [0.29, 0.717) is 6.42 Å². The molecule has 2 aliphatic heterocycles. The minimum Gasteiger partial charge on any atom is -0.343 e. The highest BCUT2D eigenvalue weighted by atomic mass is 32.2.